The molecule has 2 aromatic carbocycles. The van der Waals surface area contributed by atoms with Crippen LogP contribution < -0.4 is 10.1 Å². The molecule has 3 heterocycles. The van der Waals surface area contributed by atoms with Crippen molar-refractivity contribution in [3.63, 3.8) is 0 Å². The smallest absolute Gasteiger partial charge is 0.493 e. The predicted octanol–water partition coefficient (Wildman–Crippen LogP) is 3.79. The monoisotopic (exact) mass is 447 g/mol. The van der Waals surface area contributed by atoms with Crippen LogP contribution in [0.15, 0.2) is 42.5 Å². The second-order valence-electron chi connectivity index (χ2n) is 8.27. The van der Waals surface area contributed by atoms with Crippen molar-refractivity contribution in [2.45, 2.75) is 24.9 Å². The average molecular weight is 447 g/mol. The number of hydrogen-bond donors (Lipinski definition) is 1. The summed E-state index contributed by atoms with van der Waals surface area (Å²) in [7, 11) is 1.73. The Morgan fingerprint density at radius 1 is 1.16 bits per heavy atom. The Morgan fingerprint density at radius 3 is 2.78 bits per heavy atom. The number of alkyl halides is 3. The number of para-hydroxylation sites is 1. The van der Waals surface area contributed by atoms with Crippen molar-refractivity contribution in [3.8, 4) is 5.75 Å². The second-order valence-corrected chi connectivity index (χ2v) is 8.27. The van der Waals surface area contributed by atoms with Crippen LogP contribution in [0.3, 0.4) is 0 Å². The highest BCUT2D eigenvalue weighted by Gasteiger charge is 2.36. The van der Waals surface area contributed by atoms with Crippen LogP contribution in [0.4, 0.5) is 18.9 Å². The fraction of sp³-hybridized carbons (Fsp3) is 0.455. The standard InChI is InChI=1S/C22H24F3N5O2/c1-31-15-9-10-29(12-15)11-14-13-32-19-8-3-2-5-16(19)20(14)26-17-6-4-7-18-21(17)28-30(27-18)22(23,24)25/h2-8,14-15,20,26H,9-13H2,1H3/t14-,15-,20+/m0/s1. The highest BCUT2D eigenvalue weighted by molar-refractivity contribution is 5.87. The van der Waals surface area contributed by atoms with Gasteiger partial charge in [0.15, 0.2) is 0 Å². The maximum absolute atomic E-state index is 13.1. The summed E-state index contributed by atoms with van der Waals surface area (Å²) in [6.07, 6.45) is -3.46. The summed E-state index contributed by atoms with van der Waals surface area (Å²) in [5, 5.41) is 10.8. The van der Waals surface area contributed by atoms with Gasteiger partial charge in [-0.2, -0.15) is 0 Å². The Kier molecular flexibility index (Phi) is 5.42. The zero-order valence-electron chi connectivity index (χ0n) is 17.5. The summed E-state index contributed by atoms with van der Waals surface area (Å²) in [4.78, 5) is 2.17. The first kappa shape index (κ1) is 21.0. The third-order valence-corrected chi connectivity index (χ3v) is 6.18. The molecule has 170 valence electrons. The van der Waals surface area contributed by atoms with Gasteiger partial charge in [0, 0.05) is 38.2 Å². The second kappa shape index (κ2) is 8.25. The maximum Gasteiger partial charge on any atom is 0.521 e. The van der Waals surface area contributed by atoms with Gasteiger partial charge < -0.3 is 19.7 Å². The first-order valence-corrected chi connectivity index (χ1v) is 10.6. The van der Waals surface area contributed by atoms with E-state index in [9.17, 15) is 13.2 Å². The van der Waals surface area contributed by atoms with Gasteiger partial charge in [-0.05, 0) is 24.6 Å². The summed E-state index contributed by atoms with van der Waals surface area (Å²) in [6.45, 7) is 3.10. The van der Waals surface area contributed by atoms with Crippen LogP contribution in [0.25, 0.3) is 11.0 Å². The van der Waals surface area contributed by atoms with Crippen molar-refractivity contribution in [2.24, 2.45) is 5.92 Å². The number of ether oxygens (including phenoxy) is 2. The lowest BCUT2D eigenvalue weighted by molar-refractivity contribution is -0.220. The fourth-order valence-corrected chi connectivity index (χ4v) is 4.59. The zero-order valence-corrected chi connectivity index (χ0v) is 17.5. The number of nitrogens with zero attached hydrogens (tertiary/aromatic N) is 4. The fourth-order valence-electron chi connectivity index (χ4n) is 4.59. The van der Waals surface area contributed by atoms with E-state index in [1.807, 2.05) is 24.3 Å². The van der Waals surface area contributed by atoms with Gasteiger partial charge in [0.2, 0.25) is 0 Å². The molecular formula is C22H24F3N5O2. The van der Waals surface area contributed by atoms with Crippen LogP contribution in [0.2, 0.25) is 0 Å². The van der Waals surface area contributed by atoms with Crippen molar-refractivity contribution in [1.29, 1.82) is 0 Å². The number of fused-ring (bicyclic) bond motifs is 2. The summed E-state index contributed by atoms with van der Waals surface area (Å²) >= 11 is 0. The molecule has 0 amide bonds. The molecule has 10 heteroatoms. The summed E-state index contributed by atoms with van der Waals surface area (Å²) in [6, 6.07) is 12.6. The molecule has 2 aliphatic rings. The zero-order chi connectivity index (χ0) is 22.3. The number of methoxy groups -OCH3 is 1. The van der Waals surface area contributed by atoms with Crippen LogP contribution in [0.5, 0.6) is 5.75 Å². The lowest BCUT2D eigenvalue weighted by Crippen LogP contribution is -2.39. The molecule has 0 aliphatic carbocycles. The molecule has 3 aromatic rings. The minimum Gasteiger partial charge on any atom is -0.493 e. The lowest BCUT2D eigenvalue weighted by Gasteiger charge is -2.36. The molecule has 0 bridgehead atoms. The number of likely N-dealkylation sites (tertiary alicyclic amines) is 1. The van der Waals surface area contributed by atoms with Crippen LogP contribution in [0, 0.1) is 5.92 Å². The number of benzene rings is 2. The van der Waals surface area contributed by atoms with Gasteiger partial charge in [0.1, 0.15) is 16.8 Å². The minimum absolute atomic E-state index is 0.0911. The van der Waals surface area contributed by atoms with Gasteiger partial charge in [-0.3, -0.25) is 0 Å². The Balaban J connectivity index is 1.47. The van der Waals surface area contributed by atoms with Crippen molar-refractivity contribution in [1.82, 2.24) is 19.9 Å². The molecule has 0 radical (unpaired) electrons. The van der Waals surface area contributed by atoms with Crippen LogP contribution in [-0.4, -0.2) is 59.3 Å². The third-order valence-electron chi connectivity index (χ3n) is 6.18. The molecule has 0 spiro atoms. The van der Waals surface area contributed by atoms with E-state index in [0.29, 0.717) is 12.3 Å². The third kappa shape index (κ3) is 4.00. The molecule has 0 saturated carbocycles. The Labute approximate surface area is 183 Å². The van der Waals surface area contributed by atoms with Gasteiger partial charge >= 0.3 is 6.30 Å². The van der Waals surface area contributed by atoms with Gasteiger partial charge in [0.05, 0.1) is 24.4 Å². The number of anilines is 1. The number of halogens is 3. The quantitative estimate of drug-likeness (QED) is 0.642. The first-order chi connectivity index (χ1) is 15.4. The van der Waals surface area contributed by atoms with Crippen LogP contribution in [-0.2, 0) is 11.0 Å². The molecule has 7 nitrogen and oxygen atoms in total. The summed E-state index contributed by atoms with van der Waals surface area (Å²) in [5.41, 5.74) is 1.87. The predicted molar refractivity (Wildman–Crippen MR) is 112 cm³/mol. The number of nitrogens with one attached hydrogen (secondary N) is 1. The van der Waals surface area contributed by atoms with Crippen molar-refractivity contribution < 1.29 is 22.6 Å². The molecule has 2 aliphatic heterocycles. The Morgan fingerprint density at radius 2 is 2.00 bits per heavy atom. The van der Waals surface area contributed by atoms with E-state index in [0.717, 1.165) is 37.4 Å². The van der Waals surface area contributed by atoms with Crippen molar-refractivity contribution in [3.05, 3.63) is 48.0 Å². The molecule has 0 unspecified atom stereocenters. The van der Waals surface area contributed by atoms with E-state index >= 15 is 0 Å². The van der Waals surface area contributed by atoms with Gasteiger partial charge in [-0.15, -0.1) is 23.4 Å². The highest BCUT2D eigenvalue weighted by Crippen LogP contribution is 2.39. The topological polar surface area (TPSA) is 64.4 Å². The van der Waals surface area contributed by atoms with E-state index in [-0.39, 0.29) is 33.9 Å². The van der Waals surface area contributed by atoms with E-state index in [4.69, 9.17) is 9.47 Å². The number of hydrogen-bond acceptors (Lipinski definition) is 6. The van der Waals surface area contributed by atoms with E-state index < -0.39 is 6.30 Å². The SMILES string of the molecule is CO[C@H]1CCN(C[C@H]2COc3ccccc3[C@@H]2Nc2cccc3nn(C(F)(F)F)nc23)C1. The largest absolute Gasteiger partial charge is 0.521 e. The van der Waals surface area contributed by atoms with Gasteiger partial charge in [-0.1, -0.05) is 29.1 Å². The number of rotatable bonds is 5. The lowest BCUT2D eigenvalue weighted by atomic mass is 9.89. The van der Waals surface area contributed by atoms with E-state index in [2.05, 4.69) is 20.4 Å². The minimum atomic E-state index is -4.67. The van der Waals surface area contributed by atoms with Gasteiger partial charge in [-0.25, -0.2) is 0 Å². The average Bonchev–Trinajstić information content (AvgIpc) is 3.42. The Hall–Kier alpha value is -2.85. The summed E-state index contributed by atoms with van der Waals surface area (Å²) in [5.74, 6) is 0.872. The molecule has 32 heavy (non-hydrogen) atoms. The van der Waals surface area contributed by atoms with Crippen molar-refractivity contribution in [2.75, 3.05) is 38.7 Å². The molecule has 3 atom stereocenters. The number of aromatic nitrogens is 3. The van der Waals surface area contributed by atoms with Crippen LogP contribution in [0.1, 0.15) is 18.0 Å². The highest BCUT2D eigenvalue weighted by atomic mass is 19.4. The molecule has 1 aromatic heterocycles. The van der Waals surface area contributed by atoms with Crippen molar-refractivity contribution >= 4 is 16.7 Å². The molecule has 5 rings (SSSR count). The Bertz CT molecular complexity index is 1100. The maximum atomic E-state index is 13.1. The van der Waals surface area contributed by atoms with E-state index in [1.165, 1.54) is 6.07 Å². The first-order valence-electron chi connectivity index (χ1n) is 10.6. The molecule has 1 saturated heterocycles. The van der Waals surface area contributed by atoms with Crippen LogP contribution >= 0.6 is 0 Å². The molecule has 1 N–H and O–H groups in total. The normalized spacial score (nSPS) is 23.8. The van der Waals surface area contributed by atoms with E-state index in [1.54, 1.807) is 19.2 Å². The molecular weight excluding hydrogens is 423 g/mol. The molecule has 1 fully saturated rings. The summed E-state index contributed by atoms with van der Waals surface area (Å²) < 4.78 is 51.0. The van der Waals surface area contributed by atoms with Gasteiger partial charge in [0.25, 0.3) is 0 Å².